The van der Waals surface area contributed by atoms with Gasteiger partial charge in [-0.25, -0.2) is 9.97 Å². The van der Waals surface area contributed by atoms with E-state index < -0.39 is 42.5 Å². The van der Waals surface area contributed by atoms with Gasteiger partial charge in [-0.2, -0.15) is 0 Å². The number of imidazole rings is 1. The second-order valence-electron chi connectivity index (χ2n) is 7.88. The van der Waals surface area contributed by atoms with Crippen molar-refractivity contribution in [2.24, 2.45) is 0 Å². The first kappa shape index (κ1) is 24.6. The molecule has 0 aliphatic rings. The van der Waals surface area contributed by atoms with Gasteiger partial charge in [0.05, 0.1) is 24.4 Å². The summed E-state index contributed by atoms with van der Waals surface area (Å²) in [5.74, 6) is 0. The molecule has 2 aromatic heterocycles. The Hall–Kier alpha value is -1.66. The van der Waals surface area contributed by atoms with E-state index >= 15 is 0 Å². The van der Waals surface area contributed by atoms with Gasteiger partial charge in [-0.05, 0) is 27.2 Å². The van der Waals surface area contributed by atoms with Gasteiger partial charge < -0.3 is 34.5 Å². The van der Waals surface area contributed by atoms with Crippen LogP contribution in [0, 0.1) is 0 Å². The summed E-state index contributed by atoms with van der Waals surface area (Å²) in [6.07, 6.45) is -1.95. The first-order chi connectivity index (χ1) is 13.8. The van der Waals surface area contributed by atoms with Crippen LogP contribution in [0.5, 0.6) is 0 Å². The molecule has 0 radical (unpaired) electrons. The maximum absolute atomic E-state index is 12.5. The van der Waals surface area contributed by atoms with E-state index in [0.29, 0.717) is 0 Å². The molecule has 2 heterocycles. The van der Waals surface area contributed by atoms with Crippen molar-refractivity contribution in [3.05, 3.63) is 23.0 Å². The summed E-state index contributed by atoms with van der Waals surface area (Å²) >= 11 is 0. The minimum Gasteiger partial charge on any atom is -0.386 e. The Morgan fingerprint density at radius 2 is 1.93 bits per heavy atom. The molecule has 5 N–H and O–H groups in total. The summed E-state index contributed by atoms with van der Waals surface area (Å²) in [7, 11) is -3.13. The van der Waals surface area contributed by atoms with Gasteiger partial charge in [0, 0.05) is 13.5 Å². The molecule has 0 amide bonds. The average molecular weight is 448 g/mol. The number of nitrogens with one attached hydrogen (secondary N) is 1. The van der Waals surface area contributed by atoms with E-state index in [0.717, 1.165) is 17.2 Å². The molecular formula is C17H29N4O8P. The predicted octanol–water partition coefficient (Wildman–Crippen LogP) is 0.476. The Kier molecular flexibility index (Phi) is 7.25. The van der Waals surface area contributed by atoms with Gasteiger partial charge in [0.2, 0.25) is 0 Å². The van der Waals surface area contributed by atoms with E-state index in [-0.39, 0.29) is 24.0 Å². The number of aromatic amines is 1. The molecule has 0 aliphatic carbocycles. The zero-order valence-electron chi connectivity index (χ0n) is 17.5. The van der Waals surface area contributed by atoms with Crippen LogP contribution in [0.3, 0.4) is 0 Å². The number of aromatic nitrogens is 4. The number of fused-ring (bicyclic) bond motifs is 1. The Labute approximate surface area is 173 Å². The van der Waals surface area contributed by atoms with Gasteiger partial charge in [-0.1, -0.05) is 6.92 Å². The number of hydrogen-bond acceptors (Lipinski definition) is 9. The molecule has 0 bridgehead atoms. The van der Waals surface area contributed by atoms with Crippen molar-refractivity contribution in [1.82, 2.24) is 19.5 Å². The lowest BCUT2D eigenvalue weighted by Gasteiger charge is -2.37. The van der Waals surface area contributed by atoms with Gasteiger partial charge in [0.25, 0.3) is 5.56 Å². The zero-order valence-corrected chi connectivity index (χ0v) is 18.4. The molecule has 2 aromatic rings. The highest BCUT2D eigenvalue weighted by Crippen LogP contribution is 2.58. The second kappa shape index (κ2) is 8.83. The summed E-state index contributed by atoms with van der Waals surface area (Å²) in [5.41, 5.74) is -1.75. The quantitative estimate of drug-likeness (QED) is 0.321. The molecular weight excluding hydrogens is 419 g/mol. The van der Waals surface area contributed by atoms with Crippen molar-refractivity contribution in [3.8, 4) is 0 Å². The van der Waals surface area contributed by atoms with Crippen molar-refractivity contribution in [2.45, 2.75) is 69.9 Å². The van der Waals surface area contributed by atoms with Gasteiger partial charge in [0.15, 0.2) is 22.7 Å². The second-order valence-corrected chi connectivity index (χ2v) is 10.1. The van der Waals surface area contributed by atoms with Crippen molar-refractivity contribution in [2.75, 3.05) is 7.11 Å². The smallest absolute Gasteiger partial charge is 0.359 e. The van der Waals surface area contributed by atoms with Crippen LogP contribution in [0.4, 0.5) is 0 Å². The topological polar surface area (TPSA) is 180 Å². The lowest BCUT2D eigenvalue weighted by atomic mass is 9.97. The molecule has 0 aliphatic heterocycles. The van der Waals surface area contributed by atoms with Crippen LogP contribution >= 0.6 is 7.60 Å². The fourth-order valence-corrected chi connectivity index (χ4v) is 4.25. The Balaban J connectivity index is 2.22. The lowest BCUT2D eigenvalue weighted by Crippen LogP contribution is -2.42. The van der Waals surface area contributed by atoms with E-state index in [1.165, 1.54) is 27.9 Å². The number of hydrogen-bond donors (Lipinski definition) is 5. The molecule has 0 fully saturated rings. The molecule has 0 saturated carbocycles. The van der Waals surface area contributed by atoms with Crippen LogP contribution in [-0.4, -0.2) is 70.0 Å². The van der Waals surface area contributed by atoms with Crippen LogP contribution in [0.2, 0.25) is 0 Å². The van der Waals surface area contributed by atoms with Crippen LogP contribution < -0.4 is 5.56 Å². The van der Waals surface area contributed by atoms with Crippen molar-refractivity contribution < 1.29 is 34.0 Å². The summed E-state index contributed by atoms with van der Waals surface area (Å²) in [6.45, 7) is 5.75. The molecule has 0 spiro atoms. The fourth-order valence-electron chi connectivity index (χ4n) is 2.91. The molecule has 13 heteroatoms. The average Bonchev–Trinajstić information content (AvgIpc) is 3.09. The van der Waals surface area contributed by atoms with Crippen molar-refractivity contribution in [1.29, 1.82) is 0 Å². The molecule has 0 aromatic carbocycles. The third-order valence-electron chi connectivity index (χ3n) is 4.98. The van der Waals surface area contributed by atoms with E-state index in [4.69, 9.17) is 9.26 Å². The SMILES string of the molecule is CCC(C)(O)P(=O)(O)OC(C)(C)CC(OC)C(O)C(O)n1cnc2c(=O)[nH]cnc21. The molecule has 2 rings (SSSR count). The van der Waals surface area contributed by atoms with E-state index in [2.05, 4.69) is 15.0 Å². The predicted molar refractivity (Wildman–Crippen MR) is 107 cm³/mol. The van der Waals surface area contributed by atoms with Crippen molar-refractivity contribution >= 4 is 18.8 Å². The molecule has 5 unspecified atom stereocenters. The molecule has 170 valence electrons. The van der Waals surface area contributed by atoms with E-state index in [1.807, 2.05) is 0 Å². The van der Waals surface area contributed by atoms with Gasteiger partial charge in [0.1, 0.15) is 6.10 Å². The minimum absolute atomic E-state index is 0.00820. The van der Waals surface area contributed by atoms with Crippen LogP contribution in [0.1, 0.15) is 46.8 Å². The number of aliphatic hydroxyl groups excluding tert-OH is 2. The number of rotatable bonds is 10. The van der Waals surface area contributed by atoms with E-state index in [1.54, 1.807) is 6.92 Å². The maximum Gasteiger partial charge on any atom is 0.359 e. The van der Waals surface area contributed by atoms with Crippen LogP contribution in [0.15, 0.2) is 17.4 Å². The standard InChI is InChI=1S/C17H29N4O8P/c1-6-17(4,25)30(26,27)29-16(2,3)7-10(28-5)12(22)15(24)21-9-20-11-13(21)18-8-19-14(11)23/h8-10,12,15,22,24-25H,6-7H2,1-5H3,(H,26,27)(H,18,19,23). The molecule has 0 saturated heterocycles. The maximum atomic E-state index is 12.5. The third kappa shape index (κ3) is 4.97. The van der Waals surface area contributed by atoms with Crippen LogP contribution in [0.25, 0.3) is 11.2 Å². The Morgan fingerprint density at radius 3 is 2.50 bits per heavy atom. The zero-order chi connectivity index (χ0) is 22.9. The number of H-pyrrole nitrogens is 1. The Morgan fingerprint density at radius 1 is 1.30 bits per heavy atom. The summed E-state index contributed by atoms with van der Waals surface area (Å²) < 4.78 is 24.2. The number of aliphatic hydroxyl groups is 3. The molecule has 30 heavy (non-hydrogen) atoms. The highest BCUT2D eigenvalue weighted by atomic mass is 31.2. The third-order valence-corrected chi connectivity index (χ3v) is 7.26. The summed E-state index contributed by atoms with van der Waals surface area (Å²) in [4.78, 5) is 32.2. The first-order valence-electron chi connectivity index (χ1n) is 9.31. The van der Waals surface area contributed by atoms with Crippen LogP contribution in [-0.2, 0) is 13.8 Å². The molecule has 5 atom stereocenters. The van der Waals surface area contributed by atoms with Gasteiger partial charge in [-0.15, -0.1) is 0 Å². The molecule has 12 nitrogen and oxygen atoms in total. The number of methoxy groups -OCH3 is 1. The van der Waals surface area contributed by atoms with E-state index in [9.17, 15) is 29.6 Å². The largest absolute Gasteiger partial charge is 0.386 e. The minimum atomic E-state index is -4.43. The highest BCUT2D eigenvalue weighted by Gasteiger charge is 2.46. The summed E-state index contributed by atoms with van der Waals surface area (Å²) in [6, 6.07) is 0. The van der Waals surface area contributed by atoms with Gasteiger partial charge >= 0.3 is 7.60 Å². The fraction of sp³-hybridized carbons (Fsp3) is 0.706. The van der Waals surface area contributed by atoms with Gasteiger partial charge in [-0.3, -0.25) is 13.9 Å². The first-order valence-corrected chi connectivity index (χ1v) is 10.9. The lowest BCUT2D eigenvalue weighted by molar-refractivity contribution is -0.121. The Bertz CT molecular complexity index is 972. The normalized spacial score (nSPS) is 19.8. The highest BCUT2D eigenvalue weighted by molar-refractivity contribution is 7.54. The monoisotopic (exact) mass is 448 g/mol. The van der Waals surface area contributed by atoms with Crippen molar-refractivity contribution in [3.63, 3.8) is 0 Å². The summed E-state index contributed by atoms with van der Waals surface area (Å²) in [5, 5.41) is 29.5. The number of nitrogens with zero attached hydrogens (tertiary/aromatic N) is 3. The number of ether oxygens (including phenoxy) is 1.